The molecule has 11 heteroatoms. The van der Waals surface area contributed by atoms with E-state index >= 15 is 0 Å². The van der Waals surface area contributed by atoms with Crippen LogP contribution in [0.2, 0.25) is 0 Å². The van der Waals surface area contributed by atoms with Gasteiger partial charge in [-0.15, -0.1) is 0 Å². The number of ether oxygens (including phenoxy) is 2. The fourth-order valence-electron chi connectivity index (χ4n) is 4.65. The van der Waals surface area contributed by atoms with E-state index in [1.165, 1.54) is 40.5 Å². The highest BCUT2D eigenvalue weighted by Gasteiger charge is 2.43. The highest BCUT2D eigenvalue weighted by Crippen LogP contribution is 2.43. The molecule has 1 heterocycles. The summed E-state index contributed by atoms with van der Waals surface area (Å²) in [6, 6.07) is 25.5. The highest BCUT2D eigenvalue weighted by molar-refractivity contribution is 7.89. The molecule has 0 bridgehead atoms. The molecule has 0 aromatic heterocycles. The predicted octanol–water partition coefficient (Wildman–Crippen LogP) is 3.41. The van der Waals surface area contributed by atoms with Crippen LogP contribution < -0.4 is 10.6 Å². The minimum absolute atomic E-state index is 0.00120. The molecule has 0 saturated carbocycles. The zero-order valence-corrected chi connectivity index (χ0v) is 23.5. The van der Waals surface area contributed by atoms with E-state index in [4.69, 9.17) is 15.2 Å². The lowest BCUT2D eigenvalue weighted by Gasteiger charge is -2.36. The van der Waals surface area contributed by atoms with Gasteiger partial charge in [-0.2, -0.15) is 9.57 Å². The van der Waals surface area contributed by atoms with Crippen LogP contribution in [0.15, 0.2) is 112 Å². The zero-order valence-electron chi connectivity index (χ0n) is 22.6. The van der Waals surface area contributed by atoms with Crippen LogP contribution in [0.25, 0.3) is 0 Å². The number of hydrogen-bond acceptors (Lipinski definition) is 9. The number of hydrogen-bond donors (Lipinski definition) is 1. The average Bonchev–Trinajstić information content (AvgIpc) is 3.00. The number of carbonyl (C=O) groups excluding carboxylic acids is 2. The summed E-state index contributed by atoms with van der Waals surface area (Å²) in [5.41, 5.74) is 7.70. The van der Waals surface area contributed by atoms with Gasteiger partial charge in [0, 0.05) is 19.3 Å². The Morgan fingerprint density at radius 3 is 2.02 bits per heavy atom. The topological polar surface area (TPSA) is 143 Å². The van der Waals surface area contributed by atoms with Crippen molar-refractivity contribution in [2.24, 2.45) is 5.73 Å². The van der Waals surface area contributed by atoms with Crippen LogP contribution in [0.5, 0.6) is 0 Å². The van der Waals surface area contributed by atoms with Crippen LogP contribution in [0.4, 0.5) is 5.69 Å². The molecule has 0 spiro atoms. The summed E-state index contributed by atoms with van der Waals surface area (Å²) in [6.45, 7) is 0.164. The second kappa shape index (κ2) is 12.1. The first-order valence-electron chi connectivity index (χ1n) is 12.4. The summed E-state index contributed by atoms with van der Waals surface area (Å²) in [4.78, 5) is 27.6. The summed E-state index contributed by atoms with van der Waals surface area (Å²) in [7, 11) is -0.0889. The Hall–Kier alpha value is -4.92. The quantitative estimate of drug-likeness (QED) is 0.402. The van der Waals surface area contributed by atoms with Crippen molar-refractivity contribution in [3.8, 4) is 6.07 Å². The van der Waals surface area contributed by atoms with E-state index in [9.17, 15) is 23.3 Å². The Labute approximate surface area is 238 Å². The molecule has 1 aliphatic rings. The van der Waals surface area contributed by atoms with Gasteiger partial charge >= 0.3 is 11.9 Å². The van der Waals surface area contributed by atoms with E-state index in [0.29, 0.717) is 5.56 Å². The van der Waals surface area contributed by atoms with Gasteiger partial charge in [0.2, 0.25) is 10.0 Å². The third-order valence-corrected chi connectivity index (χ3v) is 8.48. The molecule has 0 aliphatic carbocycles. The number of nitrogens with two attached hydrogens (primary N) is 1. The van der Waals surface area contributed by atoms with Crippen LogP contribution in [-0.2, 0) is 35.6 Å². The number of allylic oxidation sites excluding steroid dienone is 1. The monoisotopic (exact) mass is 572 g/mol. The smallest absolute Gasteiger partial charge is 0.355 e. The number of nitriles is 1. The zero-order chi connectivity index (χ0) is 29.7. The Morgan fingerprint density at radius 2 is 1.49 bits per heavy atom. The standard InChI is InChI=1S/C30H28N4O6S/c1-33(19-20-10-6-4-7-11-20)41(37,38)23-16-14-22(15-17-23)34-27(30(36)40-3)26(29(35)39-2)25(24(18-31)28(34)32)21-12-8-5-9-13-21/h4-17,25H,19,32H2,1-3H3. The number of methoxy groups -OCH3 is 2. The van der Waals surface area contributed by atoms with Crippen molar-refractivity contribution in [3.05, 3.63) is 119 Å². The molecule has 41 heavy (non-hydrogen) atoms. The van der Waals surface area contributed by atoms with E-state index in [1.807, 2.05) is 30.3 Å². The molecule has 0 saturated heterocycles. The molecular formula is C30H28N4O6S. The van der Waals surface area contributed by atoms with E-state index in [-0.39, 0.29) is 39.8 Å². The third-order valence-electron chi connectivity index (χ3n) is 6.66. The first-order chi connectivity index (χ1) is 19.6. The van der Waals surface area contributed by atoms with Gasteiger partial charge in [-0.1, -0.05) is 60.7 Å². The number of esters is 2. The second-order valence-electron chi connectivity index (χ2n) is 9.08. The first-order valence-corrected chi connectivity index (χ1v) is 13.9. The number of carbonyl (C=O) groups is 2. The van der Waals surface area contributed by atoms with E-state index in [2.05, 4.69) is 6.07 Å². The van der Waals surface area contributed by atoms with Gasteiger partial charge in [0.05, 0.1) is 42.2 Å². The normalized spacial score (nSPS) is 15.5. The summed E-state index contributed by atoms with van der Waals surface area (Å²) in [6.07, 6.45) is 0. The summed E-state index contributed by atoms with van der Waals surface area (Å²) in [5.74, 6) is -2.88. The first kappa shape index (κ1) is 29.1. The maximum atomic E-state index is 13.3. The van der Waals surface area contributed by atoms with Gasteiger partial charge in [-0.3, -0.25) is 4.90 Å². The van der Waals surface area contributed by atoms with Gasteiger partial charge < -0.3 is 15.2 Å². The van der Waals surface area contributed by atoms with E-state index in [1.54, 1.807) is 30.3 Å². The number of benzene rings is 3. The van der Waals surface area contributed by atoms with Crippen molar-refractivity contribution in [3.63, 3.8) is 0 Å². The Balaban J connectivity index is 1.83. The number of anilines is 1. The minimum Gasteiger partial charge on any atom is -0.466 e. The van der Waals surface area contributed by atoms with E-state index < -0.39 is 27.9 Å². The molecular weight excluding hydrogens is 544 g/mol. The minimum atomic E-state index is -3.88. The number of sulfonamides is 1. The molecule has 0 amide bonds. The van der Waals surface area contributed by atoms with Crippen molar-refractivity contribution in [1.82, 2.24) is 4.31 Å². The summed E-state index contributed by atoms with van der Waals surface area (Å²) < 4.78 is 37.8. The van der Waals surface area contributed by atoms with Gasteiger partial charge in [-0.25, -0.2) is 18.0 Å². The predicted molar refractivity (Wildman–Crippen MR) is 151 cm³/mol. The SMILES string of the molecule is COC(=O)C1=C(C(=O)OC)N(c2ccc(S(=O)(=O)N(C)Cc3ccccc3)cc2)C(N)=C(C#N)C1c1ccccc1. The largest absolute Gasteiger partial charge is 0.466 e. The van der Waals surface area contributed by atoms with Crippen LogP contribution in [0.3, 0.4) is 0 Å². The molecule has 1 unspecified atom stereocenters. The van der Waals surface area contributed by atoms with Gasteiger partial charge in [-0.05, 0) is 35.4 Å². The molecule has 0 radical (unpaired) electrons. The fraction of sp³-hybridized carbons (Fsp3) is 0.167. The van der Waals surface area contributed by atoms with Crippen molar-refractivity contribution in [1.29, 1.82) is 5.26 Å². The lowest BCUT2D eigenvalue weighted by atomic mass is 9.81. The molecule has 4 rings (SSSR count). The van der Waals surface area contributed by atoms with Crippen LogP contribution >= 0.6 is 0 Å². The molecule has 1 atom stereocenters. The van der Waals surface area contributed by atoms with Crippen molar-refractivity contribution < 1.29 is 27.5 Å². The third kappa shape index (κ3) is 5.56. The molecule has 3 aromatic rings. The molecule has 3 aromatic carbocycles. The van der Waals surface area contributed by atoms with Crippen LogP contribution in [-0.4, -0.2) is 45.9 Å². The lowest BCUT2D eigenvalue weighted by molar-refractivity contribution is -0.139. The molecule has 10 nitrogen and oxygen atoms in total. The summed E-state index contributed by atoms with van der Waals surface area (Å²) in [5, 5.41) is 10.2. The van der Waals surface area contributed by atoms with Gasteiger partial charge in [0.25, 0.3) is 0 Å². The maximum Gasteiger partial charge on any atom is 0.355 e. The number of rotatable bonds is 8. The number of nitrogens with zero attached hydrogens (tertiary/aromatic N) is 3. The van der Waals surface area contributed by atoms with Crippen molar-refractivity contribution in [2.75, 3.05) is 26.2 Å². The Bertz CT molecular complexity index is 1660. The van der Waals surface area contributed by atoms with Crippen molar-refractivity contribution in [2.45, 2.75) is 17.4 Å². The van der Waals surface area contributed by atoms with Gasteiger partial charge in [0.1, 0.15) is 11.5 Å². The highest BCUT2D eigenvalue weighted by atomic mass is 32.2. The van der Waals surface area contributed by atoms with Crippen LogP contribution in [0, 0.1) is 11.3 Å². The Kier molecular flexibility index (Phi) is 8.56. The molecule has 0 fully saturated rings. The second-order valence-corrected chi connectivity index (χ2v) is 11.1. The average molecular weight is 573 g/mol. The van der Waals surface area contributed by atoms with Crippen molar-refractivity contribution >= 4 is 27.6 Å². The summed E-state index contributed by atoms with van der Waals surface area (Å²) >= 11 is 0. The molecule has 210 valence electrons. The molecule has 2 N–H and O–H groups in total. The van der Waals surface area contributed by atoms with Gasteiger partial charge in [0.15, 0.2) is 0 Å². The Morgan fingerprint density at radius 1 is 0.927 bits per heavy atom. The van der Waals surface area contributed by atoms with E-state index in [0.717, 1.165) is 19.8 Å². The lowest BCUT2D eigenvalue weighted by Crippen LogP contribution is -2.40. The fourth-order valence-corrected chi connectivity index (χ4v) is 5.81. The van der Waals surface area contributed by atoms with Crippen LogP contribution in [0.1, 0.15) is 17.0 Å². The molecule has 1 aliphatic heterocycles. The maximum absolute atomic E-state index is 13.3.